The van der Waals surface area contributed by atoms with Crippen molar-refractivity contribution in [2.45, 2.75) is 6.54 Å². The summed E-state index contributed by atoms with van der Waals surface area (Å²) < 4.78 is 8.65. The number of fused-ring (bicyclic) bond motifs is 1. The molecule has 4 rings (SSSR count). The number of aromatic nitrogens is 4. The number of hydrogen-bond acceptors (Lipinski definition) is 7. The van der Waals surface area contributed by atoms with Crippen molar-refractivity contribution < 1.29 is 14.3 Å². The number of ether oxygens (including phenoxy) is 1. The predicted molar refractivity (Wildman–Crippen MR) is 116 cm³/mol. The molecule has 0 unspecified atom stereocenters. The summed E-state index contributed by atoms with van der Waals surface area (Å²) >= 11 is 0. The van der Waals surface area contributed by atoms with E-state index >= 15 is 0 Å². The molecule has 1 aromatic carbocycles. The van der Waals surface area contributed by atoms with E-state index in [1.807, 2.05) is 30.3 Å². The number of amides is 1. The van der Waals surface area contributed by atoms with Crippen molar-refractivity contribution in [1.29, 1.82) is 0 Å². The van der Waals surface area contributed by atoms with Gasteiger partial charge in [0.15, 0.2) is 17.8 Å². The summed E-state index contributed by atoms with van der Waals surface area (Å²) in [6, 6.07) is 9.98. The number of benzene rings is 1. The lowest BCUT2D eigenvalue weighted by molar-refractivity contribution is -0.152. The minimum absolute atomic E-state index is 0.120. The van der Waals surface area contributed by atoms with Crippen molar-refractivity contribution in [3.05, 3.63) is 57.5 Å². The summed E-state index contributed by atoms with van der Waals surface area (Å²) in [6.07, 6.45) is 1.30. The van der Waals surface area contributed by atoms with Crippen LogP contribution < -0.4 is 16.1 Å². The van der Waals surface area contributed by atoms with Gasteiger partial charge in [-0.3, -0.25) is 23.5 Å². The molecule has 11 nitrogen and oxygen atoms in total. The quantitative estimate of drug-likeness (QED) is 0.484. The lowest BCUT2D eigenvalue weighted by atomic mass is 10.2. The fourth-order valence-electron chi connectivity index (χ4n) is 3.79. The number of para-hydroxylation sites is 1. The first-order chi connectivity index (χ1) is 15.4. The van der Waals surface area contributed by atoms with E-state index in [9.17, 15) is 19.2 Å². The third kappa shape index (κ3) is 4.01. The molecule has 1 aliphatic rings. The number of carbonyl (C=O) groups excluding carboxylic acids is 2. The maximum Gasteiger partial charge on any atom is 0.332 e. The zero-order valence-corrected chi connectivity index (χ0v) is 17.9. The van der Waals surface area contributed by atoms with Crippen molar-refractivity contribution >= 4 is 28.7 Å². The Balaban J connectivity index is 1.33. The molecule has 1 amide bonds. The molecule has 0 N–H and O–H groups in total. The van der Waals surface area contributed by atoms with Crippen LogP contribution in [-0.2, 0) is 35.0 Å². The summed E-state index contributed by atoms with van der Waals surface area (Å²) in [5.74, 6) is -0.934. The van der Waals surface area contributed by atoms with Gasteiger partial charge in [-0.05, 0) is 12.1 Å². The van der Waals surface area contributed by atoms with Gasteiger partial charge < -0.3 is 19.1 Å². The smallest absolute Gasteiger partial charge is 0.332 e. The molecule has 0 saturated carbocycles. The highest BCUT2D eigenvalue weighted by Crippen LogP contribution is 2.15. The molecule has 0 spiro atoms. The standard InChI is InChI=1S/C21H24N6O5/c1-23-19-18(20(30)24(2)21(23)31)27(14-22-19)12-17(29)32-13-16(28)26-10-8-25(9-11-26)15-6-4-3-5-7-15/h3-7,14H,8-13H2,1-2H3. The van der Waals surface area contributed by atoms with E-state index in [0.717, 1.165) is 10.3 Å². The molecule has 3 aromatic rings. The van der Waals surface area contributed by atoms with Gasteiger partial charge in [-0.1, -0.05) is 18.2 Å². The van der Waals surface area contributed by atoms with Crippen LogP contribution in [-0.4, -0.2) is 68.2 Å². The summed E-state index contributed by atoms with van der Waals surface area (Å²) in [6.45, 7) is 1.83. The minimum atomic E-state index is -0.670. The molecule has 0 aliphatic carbocycles. The van der Waals surface area contributed by atoms with E-state index < -0.39 is 17.2 Å². The van der Waals surface area contributed by atoms with Gasteiger partial charge in [-0.2, -0.15) is 0 Å². The van der Waals surface area contributed by atoms with Crippen LogP contribution in [0.4, 0.5) is 5.69 Å². The molecule has 1 aliphatic heterocycles. The van der Waals surface area contributed by atoms with Crippen LogP contribution in [0.5, 0.6) is 0 Å². The Hall–Kier alpha value is -3.89. The number of piperazine rings is 1. The number of anilines is 1. The number of carbonyl (C=O) groups is 2. The Kier molecular flexibility index (Phi) is 5.80. The van der Waals surface area contributed by atoms with Gasteiger partial charge in [0, 0.05) is 46.0 Å². The van der Waals surface area contributed by atoms with Crippen LogP contribution in [0.1, 0.15) is 0 Å². The summed E-state index contributed by atoms with van der Waals surface area (Å²) in [5, 5.41) is 0. The van der Waals surface area contributed by atoms with Crippen LogP contribution in [0.15, 0.2) is 46.2 Å². The van der Waals surface area contributed by atoms with Crippen LogP contribution >= 0.6 is 0 Å². The lowest BCUT2D eigenvalue weighted by Gasteiger charge is -2.36. The van der Waals surface area contributed by atoms with Crippen molar-refractivity contribution in [3.8, 4) is 0 Å². The van der Waals surface area contributed by atoms with E-state index in [4.69, 9.17) is 4.74 Å². The first kappa shape index (κ1) is 21.3. The number of nitrogens with zero attached hydrogens (tertiary/aromatic N) is 6. The molecule has 168 valence electrons. The topological polar surface area (TPSA) is 112 Å². The zero-order valence-electron chi connectivity index (χ0n) is 17.9. The van der Waals surface area contributed by atoms with Crippen molar-refractivity contribution in [3.63, 3.8) is 0 Å². The predicted octanol–water partition coefficient (Wildman–Crippen LogP) is -0.674. The van der Waals surface area contributed by atoms with E-state index in [2.05, 4.69) is 9.88 Å². The highest BCUT2D eigenvalue weighted by molar-refractivity contribution is 5.81. The second-order valence-corrected chi connectivity index (χ2v) is 7.61. The second kappa shape index (κ2) is 8.69. The van der Waals surface area contributed by atoms with Crippen LogP contribution in [0.2, 0.25) is 0 Å². The Morgan fingerprint density at radius 1 is 1.00 bits per heavy atom. The van der Waals surface area contributed by atoms with E-state index in [1.54, 1.807) is 4.90 Å². The maximum absolute atomic E-state index is 12.5. The normalized spacial score (nSPS) is 14.1. The molecule has 32 heavy (non-hydrogen) atoms. The zero-order chi connectivity index (χ0) is 22.8. The van der Waals surface area contributed by atoms with Crippen LogP contribution in [0.25, 0.3) is 11.2 Å². The summed E-state index contributed by atoms with van der Waals surface area (Å²) in [7, 11) is 2.85. The van der Waals surface area contributed by atoms with Gasteiger partial charge in [0.05, 0.1) is 6.33 Å². The monoisotopic (exact) mass is 440 g/mol. The van der Waals surface area contributed by atoms with Gasteiger partial charge in [0.2, 0.25) is 0 Å². The molecule has 0 bridgehead atoms. The second-order valence-electron chi connectivity index (χ2n) is 7.61. The fraction of sp³-hybridized carbons (Fsp3) is 0.381. The Morgan fingerprint density at radius 3 is 2.38 bits per heavy atom. The first-order valence-electron chi connectivity index (χ1n) is 10.2. The maximum atomic E-state index is 12.5. The average Bonchev–Trinajstić information content (AvgIpc) is 3.24. The molecule has 0 radical (unpaired) electrons. The largest absolute Gasteiger partial charge is 0.454 e. The number of aryl methyl sites for hydroxylation is 1. The Morgan fingerprint density at radius 2 is 1.69 bits per heavy atom. The van der Waals surface area contributed by atoms with Crippen molar-refractivity contribution in [2.75, 3.05) is 37.7 Å². The highest BCUT2D eigenvalue weighted by Gasteiger charge is 2.23. The van der Waals surface area contributed by atoms with Gasteiger partial charge in [-0.15, -0.1) is 0 Å². The molecule has 3 heterocycles. The molecule has 0 atom stereocenters. The highest BCUT2D eigenvalue weighted by atomic mass is 16.5. The number of rotatable bonds is 5. The van der Waals surface area contributed by atoms with Gasteiger partial charge in [0.25, 0.3) is 11.5 Å². The van der Waals surface area contributed by atoms with Crippen molar-refractivity contribution in [2.24, 2.45) is 14.1 Å². The first-order valence-corrected chi connectivity index (χ1v) is 10.2. The van der Waals surface area contributed by atoms with Gasteiger partial charge in [0.1, 0.15) is 6.54 Å². The number of esters is 1. The number of hydrogen-bond donors (Lipinski definition) is 0. The van der Waals surface area contributed by atoms with E-state index in [0.29, 0.717) is 26.2 Å². The third-order valence-corrected chi connectivity index (χ3v) is 5.63. The fourth-order valence-corrected chi connectivity index (χ4v) is 3.79. The minimum Gasteiger partial charge on any atom is -0.454 e. The Bertz CT molecular complexity index is 1270. The van der Waals surface area contributed by atoms with Gasteiger partial charge >= 0.3 is 11.7 Å². The lowest BCUT2D eigenvalue weighted by Crippen LogP contribution is -2.50. The van der Waals surface area contributed by atoms with Gasteiger partial charge in [-0.25, -0.2) is 9.78 Å². The summed E-state index contributed by atoms with van der Waals surface area (Å²) in [4.78, 5) is 57.1. The Labute approximate surface area is 183 Å². The number of imidazole rings is 1. The molecule has 1 saturated heterocycles. The van der Waals surface area contributed by atoms with Crippen LogP contribution in [0, 0.1) is 0 Å². The molecule has 11 heteroatoms. The summed E-state index contributed by atoms with van der Waals surface area (Å²) in [5.41, 5.74) is 0.351. The molecular weight excluding hydrogens is 416 g/mol. The molecule has 2 aromatic heterocycles. The average molecular weight is 440 g/mol. The molecule has 1 fully saturated rings. The van der Waals surface area contributed by atoms with E-state index in [-0.39, 0.29) is 30.2 Å². The van der Waals surface area contributed by atoms with Crippen LogP contribution in [0.3, 0.4) is 0 Å². The van der Waals surface area contributed by atoms with Crippen molar-refractivity contribution in [1.82, 2.24) is 23.6 Å². The molecular formula is C21H24N6O5. The van der Waals surface area contributed by atoms with E-state index in [1.165, 1.54) is 29.6 Å². The SMILES string of the molecule is Cn1c(=O)c2c(ncn2CC(=O)OCC(=O)N2CCN(c3ccccc3)CC2)n(C)c1=O. The third-order valence-electron chi connectivity index (χ3n) is 5.63.